The molecule has 0 saturated heterocycles. The summed E-state index contributed by atoms with van der Waals surface area (Å²) in [6.45, 7) is 3.75. The van der Waals surface area contributed by atoms with Crippen LogP contribution in [0.4, 0.5) is 16.2 Å². The first-order valence-electron chi connectivity index (χ1n) is 8.17. The Labute approximate surface area is 151 Å². The topological polar surface area (TPSA) is 93.7 Å². The average Bonchev–Trinajstić information content (AvgIpc) is 2.64. The molecule has 0 aromatic heterocycles. The van der Waals surface area contributed by atoms with Gasteiger partial charge in [0.25, 0.3) is 0 Å². The van der Waals surface area contributed by atoms with E-state index in [-0.39, 0.29) is 12.4 Å². The van der Waals surface area contributed by atoms with Crippen molar-refractivity contribution in [3.8, 4) is 5.75 Å². The van der Waals surface area contributed by atoms with Gasteiger partial charge in [-0.25, -0.2) is 9.59 Å². The molecule has 136 valence electrons. The van der Waals surface area contributed by atoms with Gasteiger partial charge in [-0.1, -0.05) is 6.92 Å². The molecule has 2 amide bonds. The fourth-order valence-corrected chi connectivity index (χ4v) is 2.01. The molecule has 0 spiro atoms. The van der Waals surface area contributed by atoms with Crippen molar-refractivity contribution >= 4 is 29.3 Å². The lowest BCUT2D eigenvalue weighted by atomic mass is 10.2. The highest BCUT2D eigenvalue weighted by atomic mass is 16.5. The second-order valence-electron chi connectivity index (χ2n) is 5.23. The van der Waals surface area contributed by atoms with Gasteiger partial charge in [0, 0.05) is 17.8 Å². The van der Waals surface area contributed by atoms with Gasteiger partial charge < -0.3 is 20.1 Å². The molecule has 0 bridgehead atoms. The van der Waals surface area contributed by atoms with E-state index in [4.69, 9.17) is 9.47 Å². The first kappa shape index (κ1) is 19.0. The van der Waals surface area contributed by atoms with Crippen LogP contribution in [-0.2, 0) is 9.53 Å². The number of carbonyl (C=O) groups excluding carboxylic acids is 3. The number of benzene rings is 2. The van der Waals surface area contributed by atoms with Gasteiger partial charge in [0.15, 0.2) is 0 Å². The van der Waals surface area contributed by atoms with E-state index in [0.29, 0.717) is 29.3 Å². The van der Waals surface area contributed by atoms with Crippen molar-refractivity contribution < 1.29 is 23.9 Å². The van der Waals surface area contributed by atoms with E-state index < -0.39 is 12.0 Å². The van der Waals surface area contributed by atoms with Gasteiger partial charge >= 0.3 is 18.0 Å². The molecule has 0 aliphatic carbocycles. The van der Waals surface area contributed by atoms with E-state index in [1.165, 1.54) is 0 Å². The van der Waals surface area contributed by atoms with Crippen LogP contribution in [0.2, 0.25) is 0 Å². The number of esters is 2. The van der Waals surface area contributed by atoms with Gasteiger partial charge in [0.05, 0.1) is 12.2 Å². The standard InChI is InChI=1S/C19H20N2O5/c1-3-17(22)26-16-11-9-15(10-12-16)21-19(24)20-14-7-5-13(6-8-14)18(23)25-4-2/h5-12H,3-4H2,1-2H3,(H2,20,21,24). The van der Waals surface area contributed by atoms with E-state index >= 15 is 0 Å². The van der Waals surface area contributed by atoms with Crippen LogP contribution in [0, 0.1) is 0 Å². The third-order valence-corrected chi connectivity index (χ3v) is 3.29. The van der Waals surface area contributed by atoms with E-state index in [1.807, 2.05) is 0 Å². The number of urea groups is 1. The molecule has 0 fully saturated rings. The molecule has 2 aromatic rings. The van der Waals surface area contributed by atoms with E-state index in [1.54, 1.807) is 62.4 Å². The lowest BCUT2D eigenvalue weighted by Crippen LogP contribution is -2.19. The predicted molar refractivity (Wildman–Crippen MR) is 97.4 cm³/mol. The molecule has 26 heavy (non-hydrogen) atoms. The molecule has 7 heteroatoms. The molecular formula is C19H20N2O5. The predicted octanol–water partition coefficient (Wildman–Crippen LogP) is 3.82. The van der Waals surface area contributed by atoms with Crippen LogP contribution in [-0.4, -0.2) is 24.6 Å². The molecule has 2 aromatic carbocycles. The molecule has 0 radical (unpaired) electrons. The summed E-state index contributed by atoms with van der Waals surface area (Å²) in [6, 6.07) is 12.4. The van der Waals surface area contributed by atoms with Gasteiger partial charge in [-0.2, -0.15) is 0 Å². The third-order valence-electron chi connectivity index (χ3n) is 3.29. The maximum atomic E-state index is 12.0. The first-order chi connectivity index (χ1) is 12.5. The maximum Gasteiger partial charge on any atom is 0.338 e. The van der Waals surface area contributed by atoms with Crippen LogP contribution in [0.1, 0.15) is 30.6 Å². The van der Waals surface area contributed by atoms with Crippen LogP contribution < -0.4 is 15.4 Å². The summed E-state index contributed by atoms with van der Waals surface area (Å²) in [5.74, 6) is -0.320. The highest BCUT2D eigenvalue weighted by Gasteiger charge is 2.08. The summed E-state index contributed by atoms with van der Waals surface area (Å²) in [6.07, 6.45) is 0.289. The van der Waals surface area contributed by atoms with Gasteiger partial charge in [0.2, 0.25) is 0 Å². The molecule has 0 unspecified atom stereocenters. The van der Waals surface area contributed by atoms with E-state index in [9.17, 15) is 14.4 Å². The quantitative estimate of drug-likeness (QED) is 0.606. The Morgan fingerprint density at radius 3 is 1.88 bits per heavy atom. The van der Waals surface area contributed by atoms with Crippen molar-refractivity contribution in [1.29, 1.82) is 0 Å². The number of rotatable bonds is 6. The summed E-state index contributed by atoms with van der Waals surface area (Å²) in [7, 11) is 0. The third kappa shape index (κ3) is 5.62. The number of ether oxygens (including phenoxy) is 2. The minimum Gasteiger partial charge on any atom is -0.462 e. The largest absolute Gasteiger partial charge is 0.462 e. The minimum atomic E-state index is -0.438. The van der Waals surface area contributed by atoms with E-state index in [2.05, 4.69) is 10.6 Å². The number of hydrogen-bond donors (Lipinski definition) is 2. The zero-order valence-corrected chi connectivity index (χ0v) is 14.6. The normalized spacial score (nSPS) is 9.92. The van der Waals surface area contributed by atoms with Crippen molar-refractivity contribution in [3.05, 3.63) is 54.1 Å². The van der Waals surface area contributed by atoms with Gasteiger partial charge in [-0.05, 0) is 55.5 Å². The highest BCUT2D eigenvalue weighted by Crippen LogP contribution is 2.17. The Morgan fingerprint density at radius 1 is 0.846 bits per heavy atom. The fraction of sp³-hybridized carbons (Fsp3) is 0.211. The second kappa shape index (κ2) is 9.22. The number of amides is 2. The summed E-state index contributed by atoms with van der Waals surface area (Å²) in [4.78, 5) is 34.8. The van der Waals surface area contributed by atoms with Crippen molar-refractivity contribution in [2.45, 2.75) is 20.3 Å². The number of anilines is 2. The molecule has 7 nitrogen and oxygen atoms in total. The Balaban J connectivity index is 1.90. The van der Waals surface area contributed by atoms with Crippen LogP contribution in [0.25, 0.3) is 0 Å². The lowest BCUT2D eigenvalue weighted by molar-refractivity contribution is -0.134. The molecule has 0 heterocycles. The molecular weight excluding hydrogens is 336 g/mol. The first-order valence-corrected chi connectivity index (χ1v) is 8.17. The van der Waals surface area contributed by atoms with Gasteiger partial charge in [-0.15, -0.1) is 0 Å². The monoisotopic (exact) mass is 356 g/mol. The molecule has 2 rings (SSSR count). The zero-order chi connectivity index (χ0) is 18.9. The Hall–Kier alpha value is -3.35. The van der Waals surface area contributed by atoms with Crippen LogP contribution >= 0.6 is 0 Å². The van der Waals surface area contributed by atoms with Crippen molar-refractivity contribution in [2.75, 3.05) is 17.2 Å². The van der Waals surface area contributed by atoms with Gasteiger partial charge in [0.1, 0.15) is 5.75 Å². The summed E-state index contributed by atoms with van der Waals surface area (Å²) in [5.41, 5.74) is 1.49. The maximum absolute atomic E-state index is 12.0. The number of hydrogen-bond acceptors (Lipinski definition) is 5. The van der Waals surface area contributed by atoms with Crippen LogP contribution in [0.5, 0.6) is 5.75 Å². The Kier molecular flexibility index (Phi) is 6.73. The van der Waals surface area contributed by atoms with Crippen molar-refractivity contribution in [2.24, 2.45) is 0 Å². The smallest absolute Gasteiger partial charge is 0.338 e. The summed E-state index contributed by atoms with van der Waals surface area (Å²) < 4.78 is 9.96. The fourth-order valence-electron chi connectivity index (χ4n) is 2.01. The Morgan fingerprint density at radius 2 is 1.38 bits per heavy atom. The summed E-state index contributed by atoms with van der Waals surface area (Å²) >= 11 is 0. The van der Waals surface area contributed by atoms with Gasteiger partial charge in [-0.3, -0.25) is 4.79 Å². The Bertz CT molecular complexity index is 770. The summed E-state index contributed by atoms with van der Waals surface area (Å²) in [5, 5.41) is 5.32. The van der Waals surface area contributed by atoms with Crippen LogP contribution in [0.3, 0.4) is 0 Å². The minimum absolute atomic E-state index is 0.289. The van der Waals surface area contributed by atoms with E-state index in [0.717, 1.165) is 0 Å². The second-order valence-corrected chi connectivity index (χ2v) is 5.23. The van der Waals surface area contributed by atoms with Crippen molar-refractivity contribution in [3.63, 3.8) is 0 Å². The molecule has 0 aliphatic rings. The number of nitrogens with one attached hydrogen (secondary N) is 2. The zero-order valence-electron chi connectivity index (χ0n) is 14.6. The highest BCUT2D eigenvalue weighted by molar-refractivity contribution is 6.00. The van der Waals surface area contributed by atoms with Crippen LogP contribution in [0.15, 0.2) is 48.5 Å². The molecule has 2 N–H and O–H groups in total. The molecule has 0 atom stereocenters. The molecule has 0 aliphatic heterocycles. The molecule has 0 saturated carbocycles. The number of carbonyl (C=O) groups is 3. The van der Waals surface area contributed by atoms with Crippen molar-refractivity contribution in [1.82, 2.24) is 0 Å². The SMILES string of the molecule is CCOC(=O)c1ccc(NC(=O)Nc2ccc(OC(=O)CC)cc2)cc1. The average molecular weight is 356 g/mol. The lowest BCUT2D eigenvalue weighted by Gasteiger charge is -2.09.